The number of rotatable bonds is 4. The summed E-state index contributed by atoms with van der Waals surface area (Å²) >= 11 is 0. The predicted molar refractivity (Wildman–Crippen MR) is 146 cm³/mol. The smallest absolute Gasteiger partial charge is 0.271 e. The van der Waals surface area contributed by atoms with Crippen molar-refractivity contribution in [3.05, 3.63) is 111 Å². The van der Waals surface area contributed by atoms with Crippen LogP contribution in [0.25, 0.3) is 15.9 Å². The number of pyridine rings is 2. The number of aryl methyl sites for hydroxylation is 1. The predicted octanol–water partition coefficient (Wildman–Crippen LogP) is 5.32. The Balaban J connectivity index is 1.61. The molecule has 0 N–H and O–H groups in total. The summed E-state index contributed by atoms with van der Waals surface area (Å²) < 4.78 is 29.0. The van der Waals surface area contributed by atoms with Gasteiger partial charge in [-0.05, 0) is 61.4 Å². The summed E-state index contributed by atoms with van der Waals surface area (Å²) in [6, 6.07) is 17.5. The van der Waals surface area contributed by atoms with Crippen LogP contribution >= 0.6 is 0 Å². The molecule has 0 radical (unpaired) electrons. The van der Waals surface area contributed by atoms with Crippen LogP contribution in [-0.4, -0.2) is 39.6 Å². The highest BCUT2D eigenvalue weighted by Gasteiger charge is 2.37. The first-order valence-electron chi connectivity index (χ1n) is 12.6. The zero-order chi connectivity index (χ0) is 27.8. The van der Waals surface area contributed by atoms with Crippen molar-refractivity contribution in [1.82, 2.24) is 14.5 Å². The third kappa shape index (κ3) is 4.62. The van der Waals surface area contributed by atoms with Crippen molar-refractivity contribution in [2.75, 3.05) is 18.0 Å². The van der Waals surface area contributed by atoms with Crippen molar-refractivity contribution in [2.45, 2.75) is 32.0 Å². The van der Waals surface area contributed by atoms with E-state index in [0.29, 0.717) is 29.8 Å². The van der Waals surface area contributed by atoms with Crippen LogP contribution in [0.4, 0.5) is 20.3 Å². The number of halogens is 2. The molecule has 0 bridgehead atoms. The van der Waals surface area contributed by atoms with Crippen LogP contribution in [0.1, 0.15) is 36.6 Å². The van der Waals surface area contributed by atoms with Crippen molar-refractivity contribution < 1.29 is 8.78 Å². The van der Waals surface area contributed by atoms with Crippen molar-refractivity contribution in [3.63, 3.8) is 0 Å². The topological polar surface area (TPSA) is 69.5 Å². The Hall–Kier alpha value is -4.60. The molecule has 0 saturated carbocycles. The summed E-state index contributed by atoms with van der Waals surface area (Å²) in [5.74, 6) is -0.496. The molecule has 2 aromatic heterocycles. The first-order chi connectivity index (χ1) is 18.7. The fourth-order valence-electron chi connectivity index (χ4n) is 5.52. The molecule has 1 fully saturated rings. The monoisotopic (exact) mass is 524 g/mol. The first kappa shape index (κ1) is 26.0. The van der Waals surface area contributed by atoms with Crippen molar-refractivity contribution >= 4 is 22.5 Å². The Morgan fingerprint density at radius 1 is 0.974 bits per heavy atom. The SMILES string of the molecule is [C-]#[N+]c1ccc2c(n1)c(N1C[C@H](C)N(C(c3ccc(F)cc3)c3ccc(F)cc3)C[C@H]1C)c(C#N)c(=O)n2C. The number of benzene rings is 2. The van der Waals surface area contributed by atoms with Gasteiger partial charge >= 0.3 is 0 Å². The average Bonchev–Trinajstić information content (AvgIpc) is 2.94. The Morgan fingerprint density at radius 3 is 2.10 bits per heavy atom. The van der Waals surface area contributed by atoms with Gasteiger partial charge in [-0.3, -0.25) is 9.69 Å². The van der Waals surface area contributed by atoms with Crippen molar-refractivity contribution in [1.29, 1.82) is 5.26 Å². The third-order valence-electron chi connectivity index (χ3n) is 7.45. The van der Waals surface area contributed by atoms with E-state index in [9.17, 15) is 18.8 Å². The minimum Gasteiger partial charge on any atom is -0.361 e. The molecule has 0 spiro atoms. The molecule has 1 saturated heterocycles. The van der Waals surface area contributed by atoms with Gasteiger partial charge in [-0.2, -0.15) is 5.26 Å². The van der Waals surface area contributed by atoms with Crippen LogP contribution in [0.5, 0.6) is 0 Å². The number of nitrogens with zero attached hydrogens (tertiary/aromatic N) is 6. The second kappa shape index (κ2) is 10.3. The number of nitriles is 1. The second-order valence-electron chi connectivity index (χ2n) is 9.90. The molecule has 1 aliphatic heterocycles. The van der Waals surface area contributed by atoms with Crippen LogP contribution < -0.4 is 10.5 Å². The van der Waals surface area contributed by atoms with Crippen LogP contribution in [0, 0.1) is 29.5 Å². The molecule has 7 nitrogen and oxygen atoms in total. The maximum Gasteiger partial charge on any atom is 0.271 e. The van der Waals surface area contributed by atoms with Gasteiger partial charge in [-0.15, -0.1) is 4.98 Å². The summed E-state index contributed by atoms with van der Waals surface area (Å²) in [6.07, 6.45) is 0. The minimum absolute atomic E-state index is 0.0132. The van der Waals surface area contributed by atoms with E-state index in [1.54, 1.807) is 43.4 Å². The van der Waals surface area contributed by atoms with Gasteiger partial charge in [0.2, 0.25) is 5.52 Å². The van der Waals surface area contributed by atoms with Crippen LogP contribution in [0.2, 0.25) is 0 Å². The number of hydrogen-bond donors (Lipinski definition) is 0. The minimum atomic E-state index is -0.421. The fraction of sp³-hybridized carbons (Fsp3) is 0.267. The normalized spacial score (nSPS) is 17.8. The van der Waals surface area contributed by atoms with E-state index in [1.165, 1.54) is 28.8 Å². The van der Waals surface area contributed by atoms with E-state index < -0.39 is 5.56 Å². The van der Waals surface area contributed by atoms with Crippen LogP contribution in [-0.2, 0) is 7.05 Å². The third-order valence-corrected chi connectivity index (χ3v) is 7.45. The lowest BCUT2D eigenvalue weighted by Gasteiger charge is -2.48. The zero-order valence-corrected chi connectivity index (χ0v) is 21.8. The quantitative estimate of drug-likeness (QED) is 0.338. The summed E-state index contributed by atoms with van der Waals surface area (Å²) in [5, 5.41) is 10.0. The highest BCUT2D eigenvalue weighted by Crippen LogP contribution is 2.37. The molecular formula is C30H26F2N6O. The molecular weight excluding hydrogens is 498 g/mol. The van der Waals surface area contributed by atoms with Crippen molar-refractivity contribution in [2.24, 2.45) is 7.05 Å². The fourth-order valence-corrected chi connectivity index (χ4v) is 5.52. The Labute approximate surface area is 225 Å². The Kier molecular flexibility index (Phi) is 6.86. The molecule has 3 heterocycles. The van der Waals surface area contributed by atoms with Gasteiger partial charge in [0.15, 0.2) is 0 Å². The average molecular weight is 525 g/mol. The lowest BCUT2D eigenvalue weighted by Crippen LogP contribution is -2.58. The summed E-state index contributed by atoms with van der Waals surface area (Å²) in [7, 11) is 1.59. The number of piperazine rings is 1. The molecule has 1 aliphatic rings. The van der Waals surface area contributed by atoms with Gasteiger partial charge in [0.25, 0.3) is 11.4 Å². The maximum atomic E-state index is 13.8. The molecule has 5 rings (SSSR count). The zero-order valence-electron chi connectivity index (χ0n) is 21.8. The molecule has 196 valence electrons. The van der Waals surface area contributed by atoms with E-state index >= 15 is 0 Å². The highest BCUT2D eigenvalue weighted by atomic mass is 19.1. The van der Waals surface area contributed by atoms with Gasteiger partial charge in [0, 0.05) is 32.2 Å². The van der Waals surface area contributed by atoms with Gasteiger partial charge < -0.3 is 14.3 Å². The van der Waals surface area contributed by atoms with Crippen molar-refractivity contribution in [3.8, 4) is 6.07 Å². The lowest BCUT2D eigenvalue weighted by molar-refractivity contribution is 0.130. The molecule has 2 atom stereocenters. The van der Waals surface area contributed by atoms with E-state index in [2.05, 4.69) is 20.8 Å². The Morgan fingerprint density at radius 2 is 1.56 bits per heavy atom. The number of fused-ring (bicyclic) bond motifs is 1. The summed E-state index contributed by atoms with van der Waals surface area (Å²) in [6.45, 7) is 12.5. The standard InChI is InChI=1S/C30H26F2N6O/c1-18-17-38(29-24(15-33)30(39)36(4)25-13-14-26(34-3)35-27(25)29)19(2)16-37(18)28(20-5-9-22(31)10-6-20)21-7-11-23(32)12-8-21/h5-14,18-19,28H,16-17H2,1-2,4H3/t18-,19+/m0/s1. The van der Waals surface area contributed by atoms with Gasteiger partial charge in [0.05, 0.1) is 11.6 Å². The van der Waals surface area contributed by atoms with Gasteiger partial charge in [-0.25, -0.2) is 8.78 Å². The molecule has 0 amide bonds. The van der Waals surface area contributed by atoms with E-state index in [4.69, 9.17) is 6.57 Å². The van der Waals surface area contributed by atoms with Crippen LogP contribution in [0.3, 0.4) is 0 Å². The van der Waals surface area contributed by atoms with Gasteiger partial charge in [-0.1, -0.05) is 30.8 Å². The molecule has 2 aromatic carbocycles. The highest BCUT2D eigenvalue weighted by molar-refractivity contribution is 5.93. The number of hydrogen-bond acceptors (Lipinski definition) is 5. The van der Waals surface area contributed by atoms with Gasteiger partial charge in [0.1, 0.15) is 29.0 Å². The maximum absolute atomic E-state index is 13.8. The number of anilines is 1. The van der Waals surface area contributed by atoms with Crippen LogP contribution in [0.15, 0.2) is 65.5 Å². The first-order valence-corrected chi connectivity index (χ1v) is 12.6. The molecule has 0 aliphatic carbocycles. The Bertz CT molecular complexity index is 1640. The van der Waals surface area contributed by atoms with E-state index in [0.717, 1.165) is 11.1 Å². The van der Waals surface area contributed by atoms with E-state index in [-0.39, 0.29) is 41.1 Å². The number of aromatic nitrogens is 2. The summed E-state index contributed by atoms with van der Waals surface area (Å²) in [5.41, 5.74) is 2.71. The lowest BCUT2D eigenvalue weighted by atomic mass is 9.93. The molecule has 39 heavy (non-hydrogen) atoms. The van der Waals surface area contributed by atoms with E-state index in [1.807, 2.05) is 18.7 Å². The second-order valence-corrected chi connectivity index (χ2v) is 9.90. The molecule has 4 aromatic rings. The molecule has 9 heteroatoms. The largest absolute Gasteiger partial charge is 0.361 e. The molecule has 0 unspecified atom stereocenters. The summed E-state index contributed by atoms with van der Waals surface area (Å²) in [4.78, 5) is 25.4.